The van der Waals surface area contributed by atoms with E-state index in [1.54, 1.807) is 23.4 Å². The molecule has 1 atom stereocenters. The second-order valence-corrected chi connectivity index (χ2v) is 11.2. The molecule has 0 aliphatic heterocycles. The molecule has 0 saturated heterocycles. The van der Waals surface area contributed by atoms with Gasteiger partial charge in [-0.2, -0.15) is 5.10 Å². The number of amides is 1. The molecule has 0 bridgehead atoms. The number of nitrogens with one attached hydrogen (secondary N) is 2. The van der Waals surface area contributed by atoms with Crippen molar-refractivity contribution in [2.24, 2.45) is 7.05 Å². The van der Waals surface area contributed by atoms with E-state index in [-0.39, 0.29) is 17.9 Å². The van der Waals surface area contributed by atoms with E-state index in [0.717, 1.165) is 49.7 Å². The smallest absolute Gasteiger partial charge is 0.263 e. The van der Waals surface area contributed by atoms with Gasteiger partial charge in [0.2, 0.25) is 0 Å². The zero-order valence-electron chi connectivity index (χ0n) is 21.4. The lowest BCUT2D eigenvalue weighted by Crippen LogP contribution is -2.30. The van der Waals surface area contributed by atoms with Crippen molar-refractivity contribution in [3.8, 4) is 22.5 Å². The van der Waals surface area contributed by atoms with Gasteiger partial charge >= 0.3 is 0 Å². The predicted octanol–water partition coefficient (Wildman–Crippen LogP) is 4.55. The van der Waals surface area contributed by atoms with Crippen LogP contribution in [0.3, 0.4) is 0 Å². The molecular weight excluding hydrogens is 486 g/mol. The van der Waals surface area contributed by atoms with Crippen molar-refractivity contribution in [3.63, 3.8) is 0 Å². The van der Waals surface area contributed by atoms with Crippen LogP contribution in [-0.4, -0.2) is 47.3 Å². The Hall–Kier alpha value is -3.89. The fourth-order valence-electron chi connectivity index (χ4n) is 4.26. The zero-order chi connectivity index (χ0) is 26.3. The number of fused-ring (bicyclic) bond motifs is 1. The molecule has 1 amide bonds. The van der Waals surface area contributed by atoms with Crippen molar-refractivity contribution >= 4 is 28.3 Å². The third-order valence-electron chi connectivity index (χ3n) is 6.21. The maximum atomic E-state index is 12.9. The van der Waals surface area contributed by atoms with Crippen molar-refractivity contribution in [2.75, 3.05) is 6.61 Å². The van der Waals surface area contributed by atoms with Crippen LogP contribution < -0.4 is 5.32 Å². The lowest BCUT2D eigenvalue weighted by molar-refractivity contribution is 0.0920. The summed E-state index contributed by atoms with van der Waals surface area (Å²) >= 11 is 1.37. The summed E-state index contributed by atoms with van der Waals surface area (Å²) in [6.45, 7) is 7.93. The van der Waals surface area contributed by atoms with Gasteiger partial charge in [0.05, 0.1) is 52.5 Å². The van der Waals surface area contributed by atoms with Gasteiger partial charge in [-0.15, -0.1) is 11.3 Å². The van der Waals surface area contributed by atoms with E-state index in [9.17, 15) is 9.90 Å². The highest BCUT2D eigenvalue weighted by molar-refractivity contribution is 7.13. The Labute approximate surface area is 218 Å². The van der Waals surface area contributed by atoms with Gasteiger partial charge in [-0.3, -0.25) is 9.48 Å². The second kappa shape index (κ2) is 9.53. The Morgan fingerprint density at radius 3 is 2.62 bits per heavy atom. The van der Waals surface area contributed by atoms with Crippen LogP contribution in [0.15, 0.2) is 49.2 Å². The van der Waals surface area contributed by atoms with Gasteiger partial charge in [0.1, 0.15) is 11.2 Å². The number of carbonyl (C=O) groups excluding carboxylic acids is 1. The first-order valence-electron chi connectivity index (χ1n) is 12.0. The summed E-state index contributed by atoms with van der Waals surface area (Å²) in [5.74, 6) is -0.248. The third-order valence-corrected chi connectivity index (χ3v) is 7.63. The van der Waals surface area contributed by atoms with Crippen LogP contribution in [-0.2, 0) is 12.5 Å². The van der Waals surface area contributed by atoms with Crippen molar-refractivity contribution in [1.29, 1.82) is 0 Å². The number of aryl methyl sites for hydroxylation is 2. The van der Waals surface area contributed by atoms with Crippen molar-refractivity contribution in [1.82, 2.24) is 35.0 Å². The van der Waals surface area contributed by atoms with E-state index < -0.39 is 6.04 Å². The fourth-order valence-corrected chi connectivity index (χ4v) is 5.14. The van der Waals surface area contributed by atoms with Gasteiger partial charge in [-0.1, -0.05) is 32.9 Å². The molecule has 190 valence electrons. The lowest BCUT2D eigenvalue weighted by atomic mass is 9.97. The molecule has 0 spiro atoms. The number of aromatic amines is 1. The molecule has 0 radical (unpaired) electrons. The maximum Gasteiger partial charge on any atom is 0.263 e. The number of benzene rings is 1. The number of thiazole rings is 1. The summed E-state index contributed by atoms with van der Waals surface area (Å²) in [5.41, 5.74) is 6.86. The summed E-state index contributed by atoms with van der Waals surface area (Å²) in [7, 11) is 1.88. The minimum Gasteiger partial charge on any atom is -0.394 e. The van der Waals surface area contributed by atoms with Gasteiger partial charge < -0.3 is 15.4 Å². The first-order chi connectivity index (χ1) is 17.6. The number of hydrogen-bond acceptors (Lipinski definition) is 7. The molecule has 37 heavy (non-hydrogen) atoms. The van der Waals surface area contributed by atoms with Gasteiger partial charge in [-0.25, -0.2) is 15.0 Å². The molecule has 1 aromatic carbocycles. The summed E-state index contributed by atoms with van der Waals surface area (Å²) in [6, 6.07) is 7.34. The highest BCUT2D eigenvalue weighted by Crippen LogP contribution is 2.31. The van der Waals surface area contributed by atoms with Crippen LogP contribution in [0.25, 0.3) is 33.5 Å². The minimum absolute atomic E-state index is 0.129. The molecule has 0 fully saturated rings. The topological polar surface area (TPSA) is 122 Å². The van der Waals surface area contributed by atoms with Crippen LogP contribution in [0.5, 0.6) is 0 Å². The van der Waals surface area contributed by atoms with Gasteiger partial charge in [0.15, 0.2) is 0 Å². The van der Waals surface area contributed by atoms with Gasteiger partial charge in [0.25, 0.3) is 5.91 Å². The maximum absolute atomic E-state index is 12.9. The number of hydrogen-bond donors (Lipinski definition) is 3. The van der Waals surface area contributed by atoms with E-state index >= 15 is 0 Å². The van der Waals surface area contributed by atoms with Gasteiger partial charge in [-0.05, 0) is 30.2 Å². The summed E-state index contributed by atoms with van der Waals surface area (Å²) in [4.78, 5) is 30.3. The van der Waals surface area contributed by atoms with Crippen LogP contribution in [0.2, 0.25) is 0 Å². The summed E-state index contributed by atoms with van der Waals surface area (Å²) in [6.07, 6.45) is 6.90. The van der Waals surface area contributed by atoms with Crippen LogP contribution >= 0.6 is 11.3 Å². The SMILES string of the molecule is Cc1cc(-c2ncnc3cc(-c4cnn(C)c4)[nH]c23)ccc1C(CO)NC(=O)c1cnc(C(C)(C)C)s1. The molecule has 5 aromatic rings. The largest absolute Gasteiger partial charge is 0.394 e. The molecule has 9 nitrogen and oxygen atoms in total. The normalized spacial score (nSPS) is 12.7. The van der Waals surface area contributed by atoms with Crippen LogP contribution in [0.4, 0.5) is 0 Å². The van der Waals surface area contributed by atoms with Gasteiger partial charge in [0, 0.05) is 29.8 Å². The summed E-state index contributed by atoms with van der Waals surface area (Å²) in [5, 5.41) is 18.2. The Bertz CT molecular complexity index is 1590. The first-order valence-corrected chi connectivity index (χ1v) is 12.8. The number of rotatable bonds is 6. The second-order valence-electron chi connectivity index (χ2n) is 10.1. The Kier molecular flexibility index (Phi) is 6.38. The molecular formula is C27H29N7O2S. The molecule has 1 unspecified atom stereocenters. The van der Waals surface area contributed by atoms with Crippen LogP contribution in [0.1, 0.15) is 52.6 Å². The highest BCUT2D eigenvalue weighted by atomic mass is 32.1. The number of aliphatic hydroxyl groups excluding tert-OH is 1. The number of nitrogens with zero attached hydrogens (tertiary/aromatic N) is 5. The predicted molar refractivity (Wildman–Crippen MR) is 144 cm³/mol. The van der Waals surface area contributed by atoms with Crippen molar-refractivity contribution < 1.29 is 9.90 Å². The molecule has 5 rings (SSSR count). The molecule has 0 aliphatic rings. The monoisotopic (exact) mass is 515 g/mol. The zero-order valence-corrected chi connectivity index (χ0v) is 22.2. The highest BCUT2D eigenvalue weighted by Gasteiger charge is 2.23. The summed E-state index contributed by atoms with van der Waals surface area (Å²) < 4.78 is 1.75. The number of H-pyrrole nitrogens is 1. The minimum atomic E-state index is -0.546. The average Bonchev–Trinajstić information content (AvgIpc) is 3.61. The lowest BCUT2D eigenvalue weighted by Gasteiger charge is -2.19. The number of aliphatic hydroxyl groups is 1. The van der Waals surface area contributed by atoms with E-state index in [4.69, 9.17) is 0 Å². The standard InChI is InChI=1S/C27H29N7O2S/c1-15-8-16(23-24-20(29-14-30-23)9-19(32-24)17-10-31-34(5)12-17)6-7-18(15)21(13-35)33-25(36)22-11-28-26(37-22)27(2,3)4/h6-12,14,21,32,35H,13H2,1-5H3,(H,33,36). The number of aromatic nitrogens is 6. The van der Waals surface area contributed by atoms with E-state index in [2.05, 4.69) is 51.1 Å². The third kappa shape index (κ3) is 4.90. The van der Waals surface area contributed by atoms with Crippen molar-refractivity contribution in [2.45, 2.75) is 39.2 Å². The molecule has 4 heterocycles. The molecule has 0 aliphatic carbocycles. The fraction of sp³-hybridized carbons (Fsp3) is 0.296. The quantitative estimate of drug-likeness (QED) is 0.305. The Balaban J connectivity index is 1.42. The molecule has 0 saturated carbocycles. The van der Waals surface area contributed by atoms with Crippen molar-refractivity contribution in [3.05, 3.63) is 70.2 Å². The molecule has 10 heteroatoms. The first kappa shape index (κ1) is 24.8. The van der Waals surface area contributed by atoms with Crippen LogP contribution in [0, 0.1) is 6.92 Å². The Morgan fingerprint density at radius 1 is 1.16 bits per heavy atom. The molecule has 3 N–H and O–H groups in total. The van der Waals surface area contributed by atoms with E-state index in [1.807, 2.05) is 44.4 Å². The average molecular weight is 516 g/mol. The van der Waals surface area contributed by atoms with E-state index in [1.165, 1.54) is 11.3 Å². The molecule has 4 aromatic heterocycles. The Morgan fingerprint density at radius 2 is 1.97 bits per heavy atom. The number of carbonyl (C=O) groups is 1. The van der Waals surface area contributed by atoms with E-state index in [0.29, 0.717) is 4.88 Å².